The molecule has 3 aromatic heterocycles. The lowest BCUT2D eigenvalue weighted by molar-refractivity contribution is 0.0605. The van der Waals surface area contributed by atoms with Crippen molar-refractivity contribution in [3.05, 3.63) is 35.4 Å². The van der Waals surface area contributed by atoms with Crippen LogP contribution in [0, 0.1) is 13.8 Å². The molecule has 1 amide bonds. The van der Waals surface area contributed by atoms with Gasteiger partial charge in [0.05, 0.1) is 22.8 Å². The Labute approximate surface area is 171 Å². The lowest BCUT2D eigenvalue weighted by Crippen LogP contribution is -2.57. The molecule has 0 aromatic carbocycles. The van der Waals surface area contributed by atoms with Crippen molar-refractivity contribution in [3.8, 4) is 11.3 Å². The highest BCUT2D eigenvalue weighted by Gasteiger charge is 2.31. The molecule has 1 fully saturated rings. The molecule has 0 saturated carbocycles. The number of aryl methyl sites for hydroxylation is 2. The minimum absolute atomic E-state index is 0.0284. The second-order valence-electron chi connectivity index (χ2n) is 8.28. The third kappa shape index (κ3) is 3.33. The summed E-state index contributed by atoms with van der Waals surface area (Å²) in [6.07, 6.45) is 1.77. The molecule has 2 unspecified atom stereocenters. The molecule has 0 spiro atoms. The lowest BCUT2D eigenvalue weighted by Gasteiger charge is -2.38. The summed E-state index contributed by atoms with van der Waals surface area (Å²) in [6, 6.07) is 4.38. The second kappa shape index (κ2) is 7.30. The van der Waals surface area contributed by atoms with E-state index in [-0.39, 0.29) is 24.0 Å². The number of amides is 1. The number of carbonyl (C=O) groups excluding carboxylic acids is 1. The van der Waals surface area contributed by atoms with Crippen molar-refractivity contribution in [1.82, 2.24) is 25.0 Å². The van der Waals surface area contributed by atoms with Crippen LogP contribution in [-0.2, 0) is 0 Å². The molecule has 0 aliphatic carbocycles. The molecule has 1 saturated heterocycles. The van der Waals surface area contributed by atoms with Crippen molar-refractivity contribution in [2.24, 2.45) is 0 Å². The first kappa shape index (κ1) is 19.6. The highest BCUT2D eigenvalue weighted by atomic mass is 16.3. The molecule has 29 heavy (non-hydrogen) atoms. The molecule has 0 radical (unpaired) electrons. The summed E-state index contributed by atoms with van der Waals surface area (Å²) >= 11 is 0. The zero-order valence-electron chi connectivity index (χ0n) is 18.0. The highest BCUT2D eigenvalue weighted by Crippen LogP contribution is 2.31. The van der Waals surface area contributed by atoms with Crippen molar-refractivity contribution in [3.63, 3.8) is 0 Å². The van der Waals surface area contributed by atoms with Gasteiger partial charge in [-0.25, -0.2) is 9.67 Å². The van der Waals surface area contributed by atoms with Crippen molar-refractivity contribution in [2.45, 2.75) is 59.7 Å². The van der Waals surface area contributed by atoms with E-state index in [1.807, 2.05) is 35.6 Å². The molecule has 1 aliphatic rings. The van der Waals surface area contributed by atoms with Crippen LogP contribution in [0.25, 0.3) is 22.3 Å². The largest absolute Gasteiger partial charge is 0.466 e. The van der Waals surface area contributed by atoms with E-state index in [9.17, 15) is 4.79 Å². The van der Waals surface area contributed by atoms with Crippen LogP contribution in [0.4, 0.5) is 0 Å². The summed E-state index contributed by atoms with van der Waals surface area (Å²) in [4.78, 5) is 20.5. The fourth-order valence-corrected chi connectivity index (χ4v) is 4.09. The number of pyridine rings is 1. The van der Waals surface area contributed by atoms with Crippen LogP contribution in [-0.4, -0.2) is 50.7 Å². The van der Waals surface area contributed by atoms with Gasteiger partial charge in [-0.1, -0.05) is 0 Å². The third-order valence-corrected chi connectivity index (χ3v) is 5.90. The molecule has 1 aliphatic heterocycles. The minimum Gasteiger partial charge on any atom is -0.466 e. The zero-order valence-corrected chi connectivity index (χ0v) is 18.0. The summed E-state index contributed by atoms with van der Waals surface area (Å²) in [7, 11) is 0. The van der Waals surface area contributed by atoms with E-state index in [2.05, 4.69) is 38.1 Å². The van der Waals surface area contributed by atoms with Crippen molar-refractivity contribution in [1.29, 1.82) is 0 Å². The van der Waals surface area contributed by atoms with E-state index in [0.29, 0.717) is 12.1 Å². The predicted octanol–water partition coefficient (Wildman–Crippen LogP) is 3.71. The normalized spacial score (nSPS) is 20.0. The van der Waals surface area contributed by atoms with Gasteiger partial charge in [0.15, 0.2) is 5.65 Å². The lowest BCUT2D eigenvalue weighted by atomic mass is 10.0. The third-order valence-electron chi connectivity index (χ3n) is 5.90. The van der Waals surface area contributed by atoms with Crippen LogP contribution >= 0.6 is 0 Å². The van der Waals surface area contributed by atoms with Gasteiger partial charge in [0.2, 0.25) is 0 Å². The molecule has 3 aromatic rings. The van der Waals surface area contributed by atoms with Crippen LogP contribution in [0.15, 0.2) is 22.7 Å². The van der Waals surface area contributed by atoms with Gasteiger partial charge in [0, 0.05) is 36.8 Å². The number of fused-ring (bicyclic) bond motifs is 1. The van der Waals surface area contributed by atoms with Crippen LogP contribution in [0.1, 0.15) is 55.6 Å². The summed E-state index contributed by atoms with van der Waals surface area (Å²) in [5.41, 5.74) is 3.04. The Balaban J connectivity index is 1.90. The summed E-state index contributed by atoms with van der Waals surface area (Å²) in [5.74, 6) is 1.65. The molecule has 2 atom stereocenters. The van der Waals surface area contributed by atoms with Gasteiger partial charge in [-0.15, -0.1) is 0 Å². The molecule has 4 rings (SSSR count). The van der Waals surface area contributed by atoms with Gasteiger partial charge in [-0.3, -0.25) is 4.79 Å². The minimum atomic E-state index is 0.0284. The number of nitrogens with one attached hydrogen (secondary N) is 1. The predicted molar refractivity (Wildman–Crippen MR) is 113 cm³/mol. The Morgan fingerprint density at radius 1 is 1.28 bits per heavy atom. The average molecular weight is 396 g/mol. The van der Waals surface area contributed by atoms with Crippen molar-refractivity contribution < 1.29 is 9.21 Å². The van der Waals surface area contributed by atoms with Gasteiger partial charge in [0.1, 0.15) is 11.5 Å². The van der Waals surface area contributed by atoms with E-state index in [1.165, 1.54) is 0 Å². The molecular formula is C22H29N5O2. The van der Waals surface area contributed by atoms with Crippen LogP contribution in [0.3, 0.4) is 0 Å². The monoisotopic (exact) mass is 395 g/mol. The van der Waals surface area contributed by atoms with E-state index < -0.39 is 0 Å². The maximum absolute atomic E-state index is 13.6. The standard InChI is InChI=1S/C22H29N5O2/c1-12(2)27-21-19(11-24-27)18(22(28)26-8-7-23-14(4)15(26)5)10-20(25-21)17-9-13(3)29-16(17)6/h9-12,14-15,23H,7-8H2,1-6H3. The van der Waals surface area contributed by atoms with E-state index in [4.69, 9.17) is 9.40 Å². The van der Waals surface area contributed by atoms with Crippen LogP contribution < -0.4 is 5.32 Å². The number of carbonyl (C=O) groups is 1. The fraction of sp³-hybridized carbons (Fsp3) is 0.500. The number of hydrogen-bond donors (Lipinski definition) is 1. The second-order valence-corrected chi connectivity index (χ2v) is 8.28. The Morgan fingerprint density at radius 2 is 2.03 bits per heavy atom. The van der Waals surface area contributed by atoms with Gasteiger partial charge >= 0.3 is 0 Å². The Morgan fingerprint density at radius 3 is 2.69 bits per heavy atom. The Hall–Kier alpha value is -2.67. The maximum atomic E-state index is 13.6. The van der Waals surface area contributed by atoms with Gasteiger partial charge in [-0.2, -0.15) is 5.10 Å². The Bertz CT molecular complexity index is 1060. The SMILES string of the molecule is Cc1cc(-c2cc(C(=O)N3CCNC(C)C3C)c3cnn(C(C)C)c3n2)c(C)o1. The van der Waals surface area contributed by atoms with Gasteiger partial charge < -0.3 is 14.6 Å². The number of piperazine rings is 1. The van der Waals surface area contributed by atoms with Crippen LogP contribution in [0.5, 0.6) is 0 Å². The number of nitrogens with zero attached hydrogens (tertiary/aromatic N) is 4. The molecule has 7 heteroatoms. The maximum Gasteiger partial charge on any atom is 0.255 e. The molecule has 7 nitrogen and oxygen atoms in total. The Kier molecular flexibility index (Phi) is 4.94. The summed E-state index contributed by atoms with van der Waals surface area (Å²) < 4.78 is 7.60. The fourth-order valence-electron chi connectivity index (χ4n) is 4.09. The van der Waals surface area contributed by atoms with Crippen molar-refractivity contribution >= 4 is 16.9 Å². The quantitative estimate of drug-likeness (QED) is 0.732. The summed E-state index contributed by atoms with van der Waals surface area (Å²) in [6.45, 7) is 13.7. The highest BCUT2D eigenvalue weighted by molar-refractivity contribution is 6.06. The molecular weight excluding hydrogens is 366 g/mol. The van der Waals surface area contributed by atoms with E-state index in [1.54, 1.807) is 6.20 Å². The van der Waals surface area contributed by atoms with Crippen LogP contribution in [0.2, 0.25) is 0 Å². The zero-order chi connectivity index (χ0) is 20.9. The average Bonchev–Trinajstić information content (AvgIpc) is 3.25. The van der Waals surface area contributed by atoms with Gasteiger partial charge in [-0.05, 0) is 53.7 Å². The first-order chi connectivity index (χ1) is 13.8. The number of aromatic nitrogens is 3. The van der Waals surface area contributed by atoms with E-state index >= 15 is 0 Å². The molecule has 154 valence electrons. The molecule has 1 N–H and O–H groups in total. The number of furan rings is 1. The van der Waals surface area contributed by atoms with Crippen molar-refractivity contribution in [2.75, 3.05) is 13.1 Å². The van der Waals surface area contributed by atoms with E-state index in [0.717, 1.165) is 40.4 Å². The number of hydrogen-bond acceptors (Lipinski definition) is 5. The first-order valence-corrected chi connectivity index (χ1v) is 10.3. The smallest absolute Gasteiger partial charge is 0.255 e. The topological polar surface area (TPSA) is 76.2 Å². The molecule has 4 heterocycles. The molecule has 0 bridgehead atoms. The van der Waals surface area contributed by atoms with Gasteiger partial charge in [0.25, 0.3) is 5.91 Å². The summed E-state index contributed by atoms with van der Waals surface area (Å²) in [5, 5.41) is 8.76. The number of rotatable bonds is 3. The first-order valence-electron chi connectivity index (χ1n) is 10.3.